The quantitative estimate of drug-likeness (QED) is 0.793. The van der Waals surface area contributed by atoms with Crippen LogP contribution in [0, 0.1) is 6.92 Å². The third-order valence-corrected chi connectivity index (χ3v) is 3.88. The van der Waals surface area contributed by atoms with Crippen molar-refractivity contribution in [3.63, 3.8) is 0 Å². The fourth-order valence-corrected chi connectivity index (χ4v) is 2.66. The van der Waals surface area contributed by atoms with Gasteiger partial charge in [-0.1, -0.05) is 24.3 Å². The monoisotopic (exact) mass is 282 g/mol. The average molecular weight is 282 g/mol. The van der Waals surface area contributed by atoms with E-state index in [4.69, 9.17) is 0 Å². The molecule has 21 heavy (non-hydrogen) atoms. The van der Waals surface area contributed by atoms with Gasteiger partial charge in [0.15, 0.2) is 0 Å². The van der Waals surface area contributed by atoms with Crippen LogP contribution in [0.2, 0.25) is 0 Å². The van der Waals surface area contributed by atoms with E-state index >= 15 is 0 Å². The number of aryl methyl sites for hydroxylation is 1. The molecule has 1 aliphatic heterocycles. The molecule has 1 amide bonds. The zero-order valence-electron chi connectivity index (χ0n) is 11.9. The topological polar surface area (TPSA) is 61.4 Å². The molecule has 0 aromatic heterocycles. The van der Waals surface area contributed by atoms with E-state index in [0.717, 1.165) is 30.8 Å². The summed E-state index contributed by atoms with van der Waals surface area (Å²) in [6, 6.07) is 11.1. The van der Waals surface area contributed by atoms with Crippen molar-refractivity contribution < 1.29 is 9.90 Å². The van der Waals surface area contributed by atoms with Crippen LogP contribution in [0.15, 0.2) is 36.4 Å². The van der Waals surface area contributed by atoms with Crippen LogP contribution in [-0.4, -0.2) is 17.6 Å². The zero-order valence-corrected chi connectivity index (χ0v) is 11.9. The summed E-state index contributed by atoms with van der Waals surface area (Å²) in [7, 11) is 0. The first-order chi connectivity index (χ1) is 10.2. The molecule has 0 spiro atoms. The minimum atomic E-state index is -0.282. The third kappa shape index (κ3) is 2.62. The highest BCUT2D eigenvalue weighted by atomic mass is 16.3. The zero-order chi connectivity index (χ0) is 14.8. The first-order valence-electron chi connectivity index (χ1n) is 7.08. The Morgan fingerprint density at radius 3 is 2.90 bits per heavy atom. The van der Waals surface area contributed by atoms with Crippen molar-refractivity contribution in [3.05, 3.63) is 58.7 Å². The number of hydrogen-bond donors (Lipinski definition) is 3. The molecule has 3 rings (SSSR count). The molecule has 108 valence electrons. The smallest absolute Gasteiger partial charge is 0.259 e. The van der Waals surface area contributed by atoms with Crippen LogP contribution < -0.4 is 10.6 Å². The summed E-state index contributed by atoms with van der Waals surface area (Å²) in [5.41, 5.74) is 4.20. The molecule has 4 nitrogen and oxygen atoms in total. The highest BCUT2D eigenvalue weighted by Crippen LogP contribution is 2.26. The molecule has 0 fully saturated rings. The standard InChI is InChI=1S/C17H18N2O2/c1-11-4-2-6-13(16(11)20)17(21)19-15-7-3-5-12-8-9-18-10-14(12)15/h2-7,18,20H,8-10H2,1H3,(H,19,21). The van der Waals surface area contributed by atoms with Crippen LogP contribution in [0.25, 0.3) is 0 Å². The summed E-state index contributed by atoms with van der Waals surface area (Å²) < 4.78 is 0. The van der Waals surface area contributed by atoms with Crippen LogP contribution in [0.5, 0.6) is 5.75 Å². The van der Waals surface area contributed by atoms with Crippen molar-refractivity contribution in [2.24, 2.45) is 0 Å². The Balaban J connectivity index is 1.90. The second kappa shape index (κ2) is 5.58. The van der Waals surface area contributed by atoms with E-state index in [1.54, 1.807) is 25.1 Å². The van der Waals surface area contributed by atoms with Gasteiger partial charge in [-0.3, -0.25) is 4.79 Å². The number of para-hydroxylation sites is 1. The number of amides is 1. The predicted octanol–water partition coefficient (Wildman–Crippen LogP) is 2.60. The number of carbonyl (C=O) groups excluding carboxylic acids is 1. The van der Waals surface area contributed by atoms with Crippen LogP contribution in [0.3, 0.4) is 0 Å². The summed E-state index contributed by atoms with van der Waals surface area (Å²) in [5, 5.41) is 16.2. The minimum absolute atomic E-state index is 0.0397. The van der Waals surface area contributed by atoms with E-state index in [0.29, 0.717) is 11.1 Å². The first-order valence-corrected chi connectivity index (χ1v) is 7.08. The SMILES string of the molecule is Cc1cccc(C(=O)Nc2cccc3c2CNCC3)c1O. The maximum absolute atomic E-state index is 12.4. The molecule has 1 heterocycles. The lowest BCUT2D eigenvalue weighted by atomic mass is 9.99. The number of phenolic OH excluding ortho intramolecular Hbond substituents is 1. The number of rotatable bonds is 2. The van der Waals surface area contributed by atoms with Crippen molar-refractivity contribution in [3.8, 4) is 5.75 Å². The number of fused-ring (bicyclic) bond motifs is 1. The molecule has 0 unspecified atom stereocenters. The van der Waals surface area contributed by atoms with Crippen molar-refractivity contribution in [2.75, 3.05) is 11.9 Å². The van der Waals surface area contributed by atoms with Crippen molar-refractivity contribution in [1.29, 1.82) is 0 Å². The second-order valence-electron chi connectivity index (χ2n) is 5.30. The maximum Gasteiger partial charge on any atom is 0.259 e. The Hall–Kier alpha value is -2.33. The highest BCUT2D eigenvalue weighted by molar-refractivity contribution is 6.06. The molecule has 1 aliphatic rings. The number of hydrogen-bond acceptors (Lipinski definition) is 3. The van der Waals surface area contributed by atoms with E-state index in [9.17, 15) is 9.90 Å². The first kappa shape index (κ1) is 13.6. The predicted molar refractivity (Wildman–Crippen MR) is 82.6 cm³/mol. The fourth-order valence-electron chi connectivity index (χ4n) is 2.66. The molecule has 4 heteroatoms. The number of carbonyl (C=O) groups is 1. The van der Waals surface area contributed by atoms with Crippen LogP contribution in [0.1, 0.15) is 27.0 Å². The van der Waals surface area contributed by atoms with Gasteiger partial charge in [0.05, 0.1) is 5.56 Å². The highest BCUT2D eigenvalue weighted by Gasteiger charge is 2.17. The molecule has 0 bridgehead atoms. The van der Waals surface area contributed by atoms with Crippen LogP contribution in [0.4, 0.5) is 5.69 Å². The second-order valence-corrected chi connectivity index (χ2v) is 5.30. The summed E-state index contributed by atoms with van der Waals surface area (Å²) >= 11 is 0. The Kier molecular flexibility index (Phi) is 3.62. The summed E-state index contributed by atoms with van der Waals surface area (Å²) in [5.74, 6) is -0.243. The Bertz CT molecular complexity index is 695. The number of aromatic hydroxyl groups is 1. The lowest BCUT2D eigenvalue weighted by Gasteiger charge is -2.20. The molecule has 0 saturated heterocycles. The molecule has 2 aromatic carbocycles. The van der Waals surface area contributed by atoms with Gasteiger partial charge in [0, 0.05) is 12.2 Å². The number of nitrogens with one attached hydrogen (secondary N) is 2. The fraction of sp³-hybridized carbons (Fsp3) is 0.235. The van der Waals surface area contributed by atoms with E-state index < -0.39 is 0 Å². The van der Waals surface area contributed by atoms with Gasteiger partial charge < -0.3 is 15.7 Å². The van der Waals surface area contributed by atoms with E-state index in [2.05, 4.69) is 16.7 Å². The van der Waals surface area contributed by atoms with Gasteiger partial charge in [0.25, 0.3) is 5.91 Å². The number of benzene rings is 2. The van der Waals surface area contributed by atoms with Crippen molar-refractivity contribution in [2.45, 2.75) is 19.9 Å². The molecule has 2 aromatic rings. The molecule has 0 aliphatic carbocycles. The van der Waals surface area contributed by atoms with Gasteiger partial charge >= 0.3 is 0 Å². The molecule has 3 N–H and O–H groups in total. The van der Waals surface area contributed by atoms with Gasteiger partial charge in [0.1, 0.15) is 5.75 Å². The largest absolute Gasteiger partial charge is 0.507 e. The summed E-state index contributed by atoms with van der Waals surface area (Å²) in [4.78, 5) is 12.4. The Labute approximate surface area is 123 Å². The van der Waals surface area contributed by atoms with Crippen LogP contribution in [-0.2, 0) is 13.0 Å². The van der Waals surface area contributed by atoms with Crippen molar-refractivity contribution >= 4 is 11.6 Å². The Morgan fingerprint density at radius 2 is 2.05 bits per heavy atom. The number of phenols is 1. The molecule has 0 radical (unpaired) electrons. The minimum Gasteiger partial charge on any atom is -0.507 e. The molecule has 0 saturated carbocycles. The maximum atomic E-state index is 12.4. The van der Waals surface area contributed by atoms with Gasteiger partial charge in [-0.2, -0.15) is 0 Å². The number of anilines is 1. The third-order valence-electron chi connectivity index (χ3n) is 3.88. The summed E-state index contributed by atoms with van der Waals surface area (Å²) in [6.07, 6.45) is 0.967. The average Bonchev–Trinajstić information content (AvgIpc) is 2.50. The normalized spacial score (nSPS) is 13.6. The summed E-state index contributed by atoms with van der Waals surface area (Å²) in [6.45, 7) is 3.50. The van der Waals surface area contributed by atoms with Gasteiger partial charge in [-0.15, -0.1) is 0 Å². The van der Waals surface area contributed by atoms with Gasteiger partial charge in [0.2, 0.25) is 0 Å². The van der Waals surface area contributed by atoms with E-state index in [1.165, 1.54) is 5.56 Å². The van der Waals surface area contributed by atoms with E-state index in [-0.39, 0.29) is 11.7 Å². The molecule has 0 atom stereocenters. The van der Waals surface area contributed by atoms with Crippen LogP contribution >= 0.6 is 0 Å². The van der Waals surface area contributed by atoms with Crippen molar-refractivity contribution in [1.82, 2.24) is 5.32 Å². The Morgan fingerprint density at radius 1 is 1.24 bits per heavy atom. The van der Waals surface area contributed by atoms with Gasteiger partial charge in [-0.05, 0) is 48.7 Å². The lowest BCUT2D eigenvalue weighted by molar-refractivity contribution is 0.102. The van der Waals surface area contributed by atoms with E-state index in [1.807, 2.05) is 12.1 Å². The molecular weight excluding hydrogens is 264 g/mol. The lowest BCUT2D eigenvalue weighted by Crippen LogP contribution is -2.25. The molecular formula is C17H18N2O2. The van der Waals surface area contributed by atoms with Gasteiger partial charge in [-0.25, -0.2) is 0 Å².